The first-order valence-electron chi connectivity index (χ1n) is 13.2. The van der Waals surface area contributed by atoms with E-state index in [4.69, 9.17) is 4.98 Å². The first kappa shape index (κ1) is 27.2. The Balaban J connectivity index is 1.20. The molecular weight excluding hydrogens is 566 g/mol. The highest BCUT2D eigenvalue weighted by atomic mass is 32.2. The van der Waals surface area contributed by atoms with Crippen molar-refractivity contribution in [1.82, 2.24) is 29.7 Å². The number of aromatic nitrogens is 5. The van der Waals surface area contributed by atoms with Gasteiger partial charge >= 0.3 is 0 Å². The third-order valence-corrected chi connectivity index (χ3v) is 9.24. The van der Waals surface area contributed by atoms with Crippen LogP contribution in [0.15, 0.2) is 52.6 Å². The van der Waals surface area contributed by atoms with Crippen molar-refractivity contribution in [3.05, 3.63) is 48.3 Å². The largest absolute Gasteiger partial charge is 0.326 e. The van der Waals surface area contributed by atoms with Gasteiger partial charge in [-0.1, -0.05) is 0 Å². The van der Waals surface area contributed by atoms with Crippen LogP contribution in [0.25, 0.3) is 5.52 Å². The van der Waals surface area contributed by atoms with Gasteiger partial charge in [0.1, 0.15) is 5.52 Å². The summed E-state index contributed by atoms with van der Waals surface area (Å²) in [7, 11) is -3.02. The molecule has 1 aliphatic heterocycles. The van der Waals surface area contributed by atoms with Gasteiger partial charge in [-0.2, -0.15) is 5.10 Å². The van der Waals surface area contributed by atoms with Crippen LogP contribution in [0, 0.1) is 12.8 Å². The van der Waals surface area contributed by atoms with Crippen LogP contribution < -0.4 is 16.0 Å². The van der Waals surface area contributed by atoms with Gasteiger partial charge in [-0.15, -0.1) is 5.10 Å². The number of carbonyl (C=O) groups excluding carboxylic acids is 2. The number of benzene rings is 1. The van der Waals surface area contributed by atoms with Crippen molar-refractivity contribution in [3.8, 4) is 0 Å². The number of rotatable bonds is 9. The van der Waals surface area contributed by atoms with Gasteiger partial charge < -0.3 is 16.0 Å². The summed E-state index contributed by atoms with van der Waals surface area (Å²) in [6, 6.07) is 11.1. The number of anilines is 4. The Labute approximate surface area is 240 Å². The SMILES string of the molecule is Cc1cc(Nc2nc(Sc3ccc(NC(=O)C4CC4)cc3)nn3cc(NC(=O)CN4CCS(=O)(=O)CC4)cc23)n[nH]1. The summed E-state index contributed by atoms with van der Waals surface area (Å²) in [6.45, 7) is 2.67. The molecule has 6 rings (SSSR count). The maximum Gasteiger partial charge on any atom is 0.238 e. The second-order valence-electron chi connectivity index (χ2n) is 10.2. The first-order chi connectivity index (χ1) is 19.7. The number of H-pyrrole nitrogens is 1. The van der Waals surface area contributed by atoms with E-state index in [1.807, 2.05) is 42.2 Å². The molecule has 0 spiro atoms. The first-order valence-corrected chi connectivity index (χ1v) is 15.8. The van der Waals surface area contributed by atoms with E-state index < -0.39 is 9.84 Å². The maximum absolute atomic E-state index is 12.7. The maximum atomic E-state index is 12.7. The summed E-state index contributed by atoms with van der Waals surface area (Å²) >= 11 is 1.36. The number of hydrogen-bond donors (Lipinski definition) is 4. The summed E-state index contributed by atoms with van der Waals surface area (Å²) < 4.78 is 25.0. The number of sulfone groups is 1. The third kappa shape index (κ3) is 6.86. The Morgan fingerprint density at radius 1 is 1.07 bits per heavy atom. The van der Waals surface area contributed by atoms with E-state index in [1.54, 1.807) is 16.8 Å². The molecule has 3 aromatic heterocycles. The highest BCUT2D eigenvalue weighted by molar-refractivity contribution is 7.99. The minimum Gasteiger partial charge on any atom is -0.326 e. The Morgan fingerprint density at radius 3 is 2.51 bits per heavy atom. The van der Waals surface area contributed by atoms with E-state index in [1.165, 1.54) is 11.8 Å². The highest BCUT2D eigenvalue weighted by Crippen LogP contribution is 2.32. The molecule has 0 unspecified atom stereocenters. The molecule has 0 bridgehead atoms. The number of fused-ring (bicyclic) bond motifs is 1. The molecular formula is C26H29N9O4S2. The van der Waals surface area contributed by atoms with Gasteiger partial charge in [-0.25, -0.2) is 17.9 Å². The predicted octanol–water partition coefficient (Wildman–Crippen LogP) is 2.67. The Hall–Kier alpha value is -3.95. The van der Waals surface area contributed by atoms with Crippen LogP contribution in [0.2, 0.25) is 0 Å². The van der Waals surface area contributed by atoms with Crippen molar-refractivity contribution in [2.75, 3.05) is 47.1 Å². The van der Waals surface area contributed by atoms with E-state index in [-0.39, 0.29) is 35.8 Å². The summed E-state index contributed by atoms with van der Waals surface area (Å²) in [5.74, 6) is 1.16. The van der Waals surface area contributed by atoms with Crippen LogP contribution in [0.3, 0.4) is 0 Å². The average molecular weight is 596 g/mol. The van der Waals surface area contributed by atoms with Gasteiger partial charge in [0.25, 0.3) is 0 Å². The zero-order chi connectivity index (χ0) is 28.6. The molecule has 1 saturated heterocycles. The minimum absolute atomic E-state index is 0.0582. The van der Waals surface area contributed by atoms with Gasteiger partial charge in [-0.05, 0) is 61.9 Å². The zero-order valence-electron chi connectivity index (χ0n) is 22.3. The summed E-state index contributed by atoms with van der Waals surface area (Å²) in [5.41, 5.74) is 2.80. The van der Waals surface area contributed by atoms with Crippen molar-refractivity contribution in [2.45, 2.75) is 29.8 Å². The number of carbonyl (C=O) groups is 2. The Morgan fingerprint density at radius 2 is 1.83 bits per heavy atom. The van der Waals surface area contributed by atoms with Gasteiger partial charge in [-0.3, -0.25) is 19.6 Å². The average Bonchev–Trinajstić information content (AvgIpc) is 3.59. The van der Waals surface area contributed by atoms with Crippen LogP contribution in [0.4, 0.5) is 23.0 Å². The number of nitrogens with one attached hydrogen (secondary N) is 4. The molecule has 0 atom stereocenters. The number of hydrogen-bond acceptors (Lipinski definition) is 10. The summed E-state index contributed by atoms with van der Waals surface area (Å²) in [4.78, 5) is 32.2. The van der Waals surface area contributed by atoms with Gasteiger partial charge in [0.2, 0.25) is 17.0 Å². The molecule has 1 aromatic carbocycles. The molecule has 41 heavy (non-hydrogen) atoms. The van der Waals surface area contributed by atoms with E-state index in [0.717, 1.165) is 29.1 Å². The standard InChI is InChI=1S/C26H29N9O4S2/c1-16-12-22(32-31-16)29-24-21-13-19(27-23(36)15-34-8-10-41(38,39)11-9-34)14-35(21)33-26(30-24)40-20-6-4-18(5-7-20)28-25(37)17-2-3-17/h4-7,12-14,17H,2-3,8-11,15H2,1H3,(H,27,36)(H,28,37)(H2,29,30,31,32,33). The lowest BCUT2D eigenvalue weighted by Gasteiger charge is -2.25. The second-order valence-corrected chi connectivity index (χ2v) is 13.6. The quantitative estimate of drug-likeness (QED) is 0.226. The van der Waals surface area contributed by atoms with Crippen LogP contribution in [0.5, 0.6) is 0 Å². The van der Waals surface area contributed by atoms with E-state index in [9.17, 15) is 18.0 Å². The lowest BCUT2D eigenvalue weighted by molar-refractivity contribution is -0.118. The molecule has 4 aromatic rings. The molecule has 13 nitrogen and oxygen atoms in total. The van der Waals surface area contributed by atoms with Crippen molar-refractivity contribution < 1.29 is 18.0 Å². The molecule has 1 aliphatic carbocycles. The topological polar surface area (TPSA) is 166 Å². The lowest BCUT2D eigenvalue weighted by atomic mass is 10.3. The molecule has 1 saturated carbocycles. The van der Waals surface area contributed by atoms with Crippen LogP contribution >= 0.6 is 11.8 Å². The minimum atomic E-state index is -3.02. The van der Waals surface area contributed by atoms with Crippen LogP contribution in [0.1, 0.15) is 18.5 Å². The van der Waals surface area contributed by atoms with Gasteiger partial charge in [0.15, 0.2) is 21.5 Å². The summed E-state index contributed by atoms with van der Waals surface area (Å²) in [6.07, 6.45) is 3.60. The highest BCUT2D eigenvalue weighted by Gasteiger charge is 2.29. The summed E-state index contributed by atoms with van der Waals surface area (Å²) in [5, 5.41) is 21.3. The Kier molecular flexibility index (Phi) is 7.40. The smallest absolute Gasteiger partial charge is 0.238 e. The molecule has 214 valence electrons. The number of amides is 2. The molecule has 2 fully saturated rings. The van der Waals surface area contributed by atoms with E-state index in [2.05, 4.69) is 31.2 Å². The van der Waals surface area contributed by atoms with Crippen LogP contribution in [-0.4, -0.2) is 81.1 Å². The number of nitrogens with zero attached hydrogens (tertiary/aromatic N) is 5. The Bertz CT molecular complexity index is 1700. The molecule has 2 amide bonds. The molecule has 4 N–H and O–H groups in total. The van der Waals surface area contributed by atoms with E-state index in [0.29, 0.717) is 41.1 Å². The molecule has 2 aliphatic rings. The fraction of sp³-hybridized carbons (Fsp3) is 0.346. The van der Waals surface area contributed by atoms with Gasteiger partial charge in [0, 0.05) is 41.4 Å². The van der Waals surface area contributed by atoms with Crippen molar-refractivity contribution in [3.63, 3.8) is 0 Å². The predicted molar refractivity (Wildman–Crippen MR) is 155 cm³/mol. The van der Waals surface area contributed by atoms with Crippen molar-refractivity contribution in [2.24, 2.45) is 5.92 Å². The second kappa shape index (κ2) is 11.1. The lowest BCUT2D eigenvalue weighted by Crippen LogP contribution is -2.43. The molecule has 0 radical (unpaired) electrons. The zero-order valence-corrected chi connectivity index (χ0v) is 23.9. The normalized spacial score (nSPS) is 16.9. The number of aromatic amines is 1. The van der Waals surface area contributed by atoms with Crippen molar-refractivity contribution >= 4 is 61.9 Å². The number of aryl methyl sites for hydroxylation is 1. The van der Waals surface area contributed by atoms with E-state index >= 15 is 0 Å². The van der Waals surface area contributed by atoms with Crippen LogP contribution in [-0.2, 0) is 19.4 Å². The monoisotopic (exact) mass is 595 g/mol. The fourth-order valence-electron chi connectivity index (χ4n) is 4.40. The fourth-order valence-corrected chi connectivity index (χ4v) is 6.43. The third-order valence-electron chi connectivity index (χ3n) is 6.76. The molecule has 4 heterocycles. The van der Waals surface area contributed by atoms with Crippen molar-refractivity contribution in [1.29, 1.82) is 0 Å². The molecule has 15 heteroatoms. The van der Waals surface area contributed by atoms with Gasteiger partial charge in [0.05, 0.1) is 29.9 Å².